The van der Waals surface area contributed by atoms with Crippen molar-refractivity contribution in [3.05, 3.63) is 0 Å². The minimum atomic E-state index is -3.06. The van der Waals surface area contributed by atoms with Gasteiger partial charge in [0.05, 0.1) is 17.4 Å². The molecular weight excluding hydrogens is 256 g/mol. The predicted octanol–water partition coefficient (Wildman–Crippen LogP) is -0.794. The first-order valence-corrected chi connectivity index (χ1v) is 8.08. The fraction of sp³-hybridized carbons (Fsp3) is 0.818. The number of rotatable bonds is 2. The molecule has 2 aliphatic rings. The quantitative estimate of drug-likeness (QED) is 0.690. The first kappa shape index (κ1) is 13.3. The van der Waals surface area contributed by atoms with Gasteiger partial charge in [-0.15, -0.1) is 0 Å². The molecule has 2 fully saturated rings. The van der Waals surface area contributed by atoms with Gasteiger partial charge in [0.1, 0.15) is 6.04 Å². The minimum Gasteiger partial charge on any atom is -0.354 e. The third-order valence-electron chi connectivity index (χ3n) is 3.46. The Labute approximate surface area is 106 Å². The van der Waals surface area contributed by atoms with Crippen LogP contribution in [0.4, 0.5) is 0 Å². The monoisotopic (exact) mass is 274 g/mol. The van der Waals surface area contributed by atoms with Gasteiger partial charge in [0.25, 0.3) is 0 Å². The van der Waals surface area contributed by atoms with E-state index in [1.165, 1.54) is 0 Å². The molecule has 2 rings (SSSR count). The summed E-state index contributed by atoms with van der Waals surface area (Å²) in [4.78, 5) is 23.6. The number of amides is 2. The van der Waals surface area contributed by atoms with E-state index in [4.69, 9.17) is 0 Å². The second-order valence-corrected chi connectivity index (χ2v) is 7.18. The van der Waals surface area contributed by atoms with Gasteiger partial charge in [-0.05, 0) is 25.7 Å². The van der Waals surface area contributed by atoms with Crippen molar-refractivity contribution in [2.24, 2.45) is 5.92 Å². The summed E-state index contributed by atoms with van der Waals surface area (Å²) in [5, 5.41) is 5.41. The molecule has 0 aromatic rings. The van der Waals surface area contributed by atoms with E-state index in [9.17, 15) is 18.0 Å². The summed E-state index contributed by atoms with van der Waals surface area (Å²) >= 11 is 0. The van der Waals surface area contributed by atoms with Crippen molar-refractivity contribution >= 4 is 21.7 Å². The molecule has 2 N–H and O–H groups in total. The van der Waals surface area contributed by atoms with E-state index in [1.807, 2.05) is 0 Å². The Hall–Kier alpha value is -1.11. The van der Waals surface area contributed by atoms with Gasteiger partial charge < -0.3 is 10.6 Å². The Kier molecular flexibility index (Phi) is 3.89. The lowest BCUT2D eigenvalue weighted by atomic mass is 10.1. The fourth-order valence-corrected chi connectivity index (χ4v) is 4.11. The Morgan fingerprint density at radius 2 is 2.06 bits per heavy atom. The molecule has 7 heteroatoms. The molecule has 18 heavy (non-hydrogen) atoms. The normalized spacial score (nSPS) is 31.4. The summed E-state index contributed by atoms with van der Waals surface area (Å²) in [6, 6.07) is -0.511. The van der Waals surface area contributed by atoms with Crippen molar-refractivity contribution in [2.45, 2.75) is 31.7 Å². The lowest BCUT2D eigenvalue weighted by molar-refractivity contribution is -0.130. The molecule has 0 saturated carbocycles. The van der Waals surface area contributed by atoms with Crippen LogP contribution >= 0.6 is 0 Å². The summed E-state index contributed by atoms with van der Waals surface area (Å²) in [6.07, 6.45) is 2.78. The van der Waals surface area contributed by atoms with Gasteiger partial charge in [-0.2, -0.15) is 0 Å². The molecule has 0 radical (unpaired) electrons. The van der Waals surface area contributed by atoms with E-state index >= 15 is 0 Å². The highest BCUT2D eigenvalue weighted by atomic mass is 32.2. The summed E-state index contributed by atoms with van der Waals surface area (Å²) in [5.41, 5.74) is 0. The molecule has 2 amide bonds. The molecule has 0 aliphatic carbocycles. The van der Waals surface area contributed by atoms with Gasteiger partial charge in [0, 0.05) is 6.54 Å². The smallest absolute Gasteiger partial charge is 0.242 e. The van der Waals surface area contributed by atoms with E-state index in [0.717, 1.165) is 12.8 Å². The van der Waals surface area contributed by atoms with Gasteiger partial charge in [-0.3, -0.25) is 9.59 Å². The fourth-order valence-electron chi connectivity index (χ4n) is 2.37. The molecule has 0 bridgehead atoms. The van der Waals surface area contributed by atoms with Crippen LogP contribution in [0, 0.1) is 5.92 Å². The standard InChI is InChI=1S/C11H18N2O4S/c14-10(8-4-6-18(16,17)7-8)13-9-3-1-2-5-12-11(9)15/h8-9H,1-7H2,(H,12,15)(H,13,14). The van der Waals surface area contributed by atoms with Gasteiger partial charge in [0.2, 0.25) is 11.8 Å². The van der Waals surface area contributed by atoms with Crippen LogP contribution in [0.25, 0.3) is 0 Å². The van der Waals surface area contributed by atoms with Crippen molar-refractivity contribution in [2.75, 3.05) is 18.1 Å². The maximum atomic E-state index is 11.9. The van der Waals surface area contributed by atoms with Crippen LogP contribution in [0.2, 0.25) is 0 Å². The van der Waals surface area contributed by atoms with Gasteiger partial charge in [0.15, 0.2) is 9.84 Å². The first-order chi connectivity index (χ1) is 8.48. The van der Waals surface area contributed by atoms with E-state index in [0.29, 0.717) is 19.4 Å². The summed E-state index contributed by atoms with van der Waals surface area (Å²) < 4.78 is 22.6. The van der Waals surface area contributed by atoms with Crippen molar-refractivity contribution < 1.29 is 18.0 Å². The SMILES string of the molecule is O=C(NC1CCCCNC1=O)C1CCS(=O)(=O)C1. The largest absolute Gasteiger partial charge is 0.354 e. The Bertz CT molecular complexity index is 446. The molecule has 2 unspecified atom stereocenters. The minimum absolute atomic E-state index is 0.0714. The molecule has 0 spiro atoms. The zero-order chi connectivity index (χ0) is 13.2. The van der Waals surface area contributed by atoms with Crippen molar-refractivity contribution in [1.82, 2.24) is 10.6 Å². The molecule has 0 aromatic carbocycles. The highest BCUT2D eigenvalue weighted by molar-refractivity contribution is 7.91. The molecule has 0 aromatic heterocycles. The highest BCUT2D eigenvalue weighted by Crippen LogP contribution is 2.19. The van der Waals surface area contributed by atoms with Crippen LogP contribution in [0.3, 0.4) is 0 Å². The second-order valence-electron chi connectivity index (χ2n) is 4.95. The van der Waals surface area contributed by atoms with E-state index in [2.05, 4.69) is 10.6 Å². The van der Waals surface area contributed by atoms with Gasteiger partial charge >= 0.3 is 0 Å². The highest BCUT2D eigenvalue weighted by Gasteiger charge is 2.34. The van der Waals surface area contributed by atoms with Gasteiger partial charge in [-0.1, -0.05) is 0 Å². The number of carbonyl (C=O) groups excluding carboxylic acids is 2. The maximum absolute atomic E-state index is 11.9. The Morgan fingerprint density at radius 1 is 1.28 bits per heavy atom. The Morgan fingerprint density at radius 3 is 2.72 bits per heavy atom. The average Bonchev–Trinajstić information content (AvgIpc) is 2.55. The number of carbonyl (C=O) groups is 2. The van der Waals surface area contributed by atoms with Crippen LogP contribution in [0.15, 0.2) is 0 Å². The molecule has 2 aliphatic heterocycles. The molecular formula is C11H18N2O4S. The molecule has 102 valence electrons. The molecule has 6 nitrogen and oxygen atoms in total. The summed E-state index contributed by atoms with van der Waals surface area (Å²) in [7, 11) is -3.06. The van der Waals surface area contributed by atoms with Crippen LogP contribution in [-0.4, -0.2) is 44.3 Å². The lowest BCUT2D eigenvalue weighted by Gasteiger charge is -2.17. The third-order valence-corrected chi connectivity index (χ3v) is 5.22. The third kappa shape index (κ3) is 3.22. The van der Waals surface area contributed by atoms with E-state index in [1.54, 1.807) is 0 Å². The zero-order valence-electron chi connectivity index (χ0n) is 10.1. The second kappa shape index (κ2) is 5.26. The van der Waals surface area contributed by atoms with E-state index in [-0.39, 0.29) is 23.3 Å². The van der Waals surface area contributed by atoms with Crippen molar-refractivity contribution in [1.29, 1.82) is 0 Å². The zero-order valence-corrected chi connectivity index (χ0v) is 11.0. The number of hydrogen-bond donors (Lipinski definition) is 2. The lowest BCUT2D eigenvalue weighted by Crippen LogP contribution is -2.47. The van der Waals surface area contributed by atoms with Crippen LogP contribution in [0.5, 0.6) is 0 Å². The molecule has 2 saturated heterocycles. The van der Waals surface area contributed by atoms with Crippen LogP contribution in [-0.2, 0) is 19.4 Å². The first-order valence-electron chi connectivity index (χ1n) is 6.26. The topological polar surface area (TPSA) is 92.3 Å². The van der Waals surface area contributed by atoms with Crippen LogP contribution in [0.1, 0.15) is 25.7 Å². The number of sulfone groups is 1. The number of nitrogens with one attached hydrogen (secondary N) is 2. The Balaban J connectivity index is 1.92. The van der Waals surface area contributed by atoms with Crippen LogP contribution < -0.4 is 10.6 Å². The maximum Gasteiger partial charge on any atom is 0.242 e. The van der Waals surface area contributed by atoms with Gasteiger partial charge in [-0.25, -0.2) is 8.42 Å². The van der Waals surface area contributed by atoms with Crippen molar-refractivity contribution in [3.8, 4) is 0 Å². The summed E-state index contributed by atoms with van der Waals surface area (Å²) in [6.45, 7) is 0.642. The average molecular weight is 274 g/mol. The molecule has 2 atom stereocenters. The predicted molar refractivity (Wildman–Crippen MR) is 65.6 cm³/mol. The van der Waals surface area contributed by atoms with E-state index < -0.39 is 21.8 Å². The molecule has 2 heterocycles. The number of hydrogen-bond acceptors (Lipinski definition) is 4. The summed E-state index contributed by atoms with van der Waals surface area (Å²) in [5.74, 6) is -0.986. The van der Waals surface area contributed by atoms with Crippen molar-refractivity contribution in [3.63, 3.8) is 0 Å².